The van der Waals surface area contributed by atoms with Crippen LogP contribution < -0.4 is 10.1 Å². The average Bonchev–Trinajstić information content (AvgIpc) is 2.73. The van der Waals surface area contributed by atoms with E-state index in [0.717, 1.165) is 6.42 Å². The highest BCUT2D eigenvalue weighted by atomic mass is 19.3. The number of hydrogen-bond acceptors (Lipinski definition) is 3. The SMILES string of the molecule is CCCNC(c1c(OC)cnn1C(C)C)C(F)F. The van der Waals surface area contributed by atoms with Crippen LogP contribution in [0, 0.1) is 0 Å². The third-order valence-corrected chi connectivity index (χ3v) is 2.67. The van der Waals surface area contributed by atoms with Crippen LogP contribution in [0.4, 0.5) is 8.78 Å². The molecular weight excluding hydrogens is 240 g/mol. The van der Waals surface area contributed by atoms with Crippen LogP contribution in [0.15, 0.2) is 6.20 Å². The predicted molar refractivity (Wildman–Crippen MR) is 66.2 cm³/mol. The number of halogens is 2. The molecule has 0 fully saturated rings. The van der Waals surface area contributed by atoms with Gasteiger partial charge in [-0.05, 0) is 26.8 Å². The Balaban J connectivity index is 3.11. The van der Waals surface area contributed by atoms with Gasteiger partial charge in [-0.1, -0.05) is 6.92 Å². The fourth-order valence-electron chi connectivity index (χ4n) is 1.83. The molecule has 1 heterocycles. The summed E-state index contributed by atoms with van der Waals surface area (Å²) in [5.41, 5.74) is 0.413. The summed E-state index contributed by atoms with van der Waals surface area (Å²) in [7, 11) is 1.47. The highest BCUT2D eigenvalue weighted by molar-refractivity contribution is 5.29. The van der Waals surface area contributed by atoms with Crippen LogP contribution in [-0.2, 0) is 0 Å². The molecule has 0 saturated heterocycles. The second-order valence-electron chi connectivity index (χ2n) is 4.40. The van der Waals surface area contributed by atoms with Crippen molar-refractivity contribution in [1.29, 1.82) is 0 Å². The minimum atomic E-state index is -2.50. The second-order valence-corrected chi connectivity index (χ2v) is 4.40. The molecule has 0 radical (unpaired) electrons. The summed E-state index contributed by atoms with van der Waals surface area (Å²) in [6, 6.07) is -1.04. The van der Waals surface area contributed by atoms with E-state index in [4.69, 9.17) is 4.74 Å². The van der Waals surface area contributed by atoms with Crippen LogP contribution in [-0.4, -0.2) is 29.9 Å². The first-order valence-corrected chi connectivity index (χ1v) is 6.15. The quantitative estimate of drug-likeness (QED) is 0.820. The molecule has 1 aromatic rings. The minimum Gasteiger partial charge on any atom is -0.493 e. The Kier molecular flexibility index (Phi) is 5.53. The lowest BCUT2D eigenvalue weighted by atomic mass is 10.2. The van der Waals surface area contributed by atoms with Crippen LogP contribution in [0.1, 0.15) is 45.0 Å². The van der Waals surface area contributed by atoms with E-state index in [-0.39, 0.29) is 6.04 Å². The number of ether oxygens (including phenoxy) is 1. The normalized spacial score (nSPS) is 13.3. The number of hydrogen-bond donors (Lipinski definition) is 1. The van der Waals surface area contributed by atoms with E-state index >= 15 is 0 Å². The molecule has 1 aromatic heterocycles. The van der Waals surface area contributed by atoms with Crippen molar-refractivity contribution in [2.75, 3.05) is 13.7 Å². The van der Waals surface area contributed by atoms with Crippen molar-refractivity contribution in [3.05, 3.63) is 11.9 Å². The van der Waals surface area contributed by atoms with E-state index in [1.54, 1.807) is 4.68 Å². The second kappa shape index (κ2) is 6.68. The number of aromatic nitrogens is 2. The lowest BCUT2D eigenvalue weighted by Crippen LogP contribution is -2.31. The Morgan fingerprint density at radius 2 is 2.11 bits per heavy atom. The van der Waals surface area contributed by atoms with Crippen LogP contribution in [0.25, 0.3) is 0 Å². The molecule has 0 bridgehead atoms. The van der Waals surface area contributed by atoms with Crippen molar-refractivity contribution in [3.63, 3.8) is 0 Å². The van der Waals surface area contributed by atoms with Gasteiger partial charge in [-0.2, -0.15) is 5.10 Å². The van der Waals surface area contributed by atoms with Gasteiger partial charge in [-0.25, -0.2) is 8.78 Å². The fraction of sp³-hybridized carbons (Fsp3) is 0.750. The minimum absolute atomic E-state index is 0.00794. The summed E-state index contributed by atoms with van der Waals surface area (Å²) >= 11 is 0. The molecule has 6 heteroatoms. The van der Waals surface area contributed by atoms with E-state index in [1.165, 1.54) is 13.3 Å². The van der Waals surface area contributed by atoms with Gasteiger partial charge in [0, 0.05) is 6.04 Å². The van der Waals surface area contributed by atoms with Gasteiger partial charge in [-0.15, -0.1) is 0 Å². The fourth-order valence-corrected chi connectivity index (χ4v) is 1.83. The average molecular weight is 261 g/mol. The summed E-state index contributed by atoms with van der Waals surface area (Å²) < 4.78 is 33.1. The molecule has 1 rings (SSSR count). The van der Waals surface area contributed by atoms with E-state index < -0.39 is 12.5 Å². The van der Waals surface area contributed by atoms with Crippen LogP contribution >= 0.6 is 0 Å². The van der Waals surface area contributed by atoms with Crippen molar-refractivity contribution in [3.8, 4) is 5.75 Å². The molecule has 1 unspecified atom stereocenters. The van der Waals surface area contributed by atoms with E-state index in [0.29, 0.717) is 18.0 Å². The molecule has 0 aliphatic carbocycles. The zero-order valence-corrected chi connectivity index (χ0v) is 11.3. The summed E-state index contributed by atoms with van der Waals surface area (Å²) in [4.78, 5) is 0. The number of methoxy groups -OCH3 is 1. The first kappa shape index (κ1) is 14.9. The Morgan fingerprint density at radius 3 is 2.56 bits per heavy atom. The first-order chi connectivity index (χ1) is 8.52. The molecule has 0 saturated carbocycles. The summed E-state index contributed by atoms with van der Waals surface area (Å²) in [6.45, 7) is 6.27. The highest BCUT2D eigenvalue weighted by Gasteiger charge is 2.29. The Labute approximate surface area is 106 Å². The van der Waals surface area contributed by atoms with E-state index in [9.17, 15) is 8.78 Å². The Morgan fingerprint density at radius 1 is 1.44 bits per heavy atom. The van der Waals surface area contributed by atoms with Gasteiger partial charge < -0.3 is 10.1 Å². The van der Waals surface area contributed by atoms with Crippen LogP contribution in [0.5, 0.6) is 5.75 Å². The maximum atomic E-state index is 13.2. The zero-order valence-electron chi connectivity index (χ0n) is 11.3. The summed E-state index contributed by atoms with van der Waals surface area (Å²) in [6.07, 6.45) is -0.223. The maximum Gasteiger partial charge on any atom is 0.259 e. The largest absolute Gasteiger partial charge is 0.493 e. The standard InChI is InChI=1S/C12H21F2N3O/c1-5-6-15-10(12(13)14)11-9(18-4)7-16-17(11)8(2)3/h7-8,10,12,15H,5-6H2,1-4H3. The smallest absolute Gasteiger partial charge is 0.259 e. The molecule has 0 spiro atoms. The van der Waals surface area contributed by atoms with Crippen molar-refractivity contribution in [2.45, 2.75) is 45.7 Å². The summed E-state index contributed by atoms with van der Waals surface area (Å²) in [5.74, 6) is 0.401. The molecule has 4 nitrogen and oxygen atoms in total. The van der Waals surface area contributed by atoms with Crippen molar-refractivity contribution < 1.29 is 13.5 Å². The number of nitrogens with one attached hydrogen (secondary N) is 1. The molecule has 0 amide bonds. The Hall–Kier alpha value is -1.17. The lowest BCUT2D eigenvalue weighted by molar-refractivity contribution is 0.0922. The highest BCUT2D eigenvalue weighted by Crippen LogP contribution is 2.31. The van der Waals surface area contributed by atoms with Crippen LogP contribution in [0.3, 0.4) is 0 Å². The van der Waals surface area contributed by atoms with Crippen molar-refractivity contribution in [2.24, 2.45) is 0 Å². The topological polar surface area (TPSA) is 39.1 Å². The van der Waals surface area contributed by atoms with Gasteiger partial charge in [0.1, 0.15) is 11.7 Å². The molecule has 18 heavy (non-hydrogen) atoms. The third kappa shape index (κ3) is 3.19. The van der Waals surface area contributed by atoms with E-state index in [2.05, 4.69) is 10.4 Å². The third-order valence-electron chi connectivity index (χ3n) is 2.67. The van der Waals surface area contributed by atoms with Gasteiger partial charge in [-0.3, -0.25) is 4.68 Å². The van der Waals surface area contributed by atoms with Gasteiger partial charge in [0.15, 0.2) is 5.75 Å². The van der Waals surface area contributed by atoms with Gasteiger partial charge in [0.2, 0.25) is 0 Å². The van der Waals surface area contributed by atoms with Gasteiger partial charge in [0.05, 0.1) is 13.3 Å². The number of alkyl halides is 2. The molecule has 104 valence electrons. The molecule has 1 atom stereocenters. The lowest BCUT2D eigenvalue weighted by Gasteiger charge is -2.21. The van der Waals surface area contributed by atoms with Crippen LogP contribution in [0.2, 0.25) is 0 Å². The number of nitrogens with zero attached hydrogens (tertiary/aromatic N) is 2. The molecular formula is C12H21F2N3O. The zero-order chi connectivity index (χ0) is 13.7. The Bertz CT molecular complexity index is 366. The van der Waals surface area contributed by atoms with E-state index in [1.807, 2.05) is 20.8 Å². The molecule has 1 N–H and O–H groups in total. The van der Waals surface area contributed by atoms with Crippen molar-refractivity contribution in [1.82, 2.24) is 15.1 Å². The first-order valence-electron chi connectivity index (χ1n) is 6.15. The monoisotopic (exact) mass is 261 g/mol. The molecule has 0 aliphatic heterocycles. The molecule has 0 aliphatic rings. The molecule has 0 aromatic carbocycles. The predicted octanol–water partition coefficient (Wildman–Crippen LogP) is 2.78. The van der Waals surface area contributed by atoms with Gasteiger partial charge >= 0.3 is 0 Å². The van der Waals surface area contributed by atoms with Crippen molar-refractivity contribution >= 4 is 0 Å². The van der Waals surface area contributed by atoms with Gasteiger partial charge in [0.25, 0.3) is 6.43 Å². The maximum absolute atomic E-state index is 13.2. The number of rotatable bonds is 7. The summed E-state index contributed by atoms with van der Waals surface area (Å²) in [5, 5.41) is 6.97.